The van der Waals surface area contributed by atoms with Gasteiger partial charge in [-0.2, -0.15) is 9.37 Å². The first-order chi connectivity index (χ1) is 8.92. The molecule has 5 nitrogen and oxygen atoms in total. The summed E-state index contributed by atoms with van der Waals surface area (Å²) in [4.78, 5) is 14.9. The number of carbonyl (C=O) groups is 1. The van der Waals surface area contributed by atoms with E-state index < -0.39 is 18.0 Å². The molecule has 0 fully saturated rings. The summed E-state index contributed by atoms with van der Waals surface area (Å²) in [5.41, 5.74) is 0.141. The summed E-state index contributed by atoms with van der Waals surface area (Å²) in [7, 11) is 1.52. The number of hydrogen-bond acceptors (Lipinski definition) is 5. The smallest absolute Gasteiger partial charge is 0.347 e. The van der Waals surface area contributed by atoms with E-state index in [4.69, 9.17) is 32.7 Å². The molecule has 0 radical (unpaired) electrons. The van der Waals surface area contributed by atoms with Gasteiger partial charge in [-0.05, 0) is 13.8 Å². The summed E-state index contributed by atoms with van der Waals surface area (Å²) in [5.74, 6) is -1.77. The fourth-order valence-corrected chi connectivity index (χ4v) is 1.82. The van der Waals surface area contributed by atoms with Crippen LogP contribution in [0, 0.1) is 5.95 Å². The number of hydrogen-bond donors (Lipinski definition) is 1. The number of esters is 1. The van der Waals surface area contributed by atoms with Gasteiger partial charge in [0.15, 0.2) is 6.10 Å². The third kappa shape index (κ3) is 3.61. The molecule has 1 aromatic heterocycles. The van der Waals surface area contributed by atoms with Crippen molar-refractivity contribution >= 4 is 34.9 Å². The number of anilines is 1. The maximum Gasteiger partial charge on any atom is 0.347 e. The number of aromatic nitrogens is 1. The van der Waals surface area contributed by atoms with Gasteiger partial charge < -0.3 is 14.8 Å². The van der Waals surface area contributed by atoms with Crippen LogP contribution in [0.2, 0.25) is 10.0 Å². The van der Waals surface area contributed by atoms with Gasteiger partial charge in [-0.25, -0.2) is 4.79 Å². The first-order valence-electron chi connectivity index (χ1n) is 5.47. The van der Waals surface area contributed by atoms with Crippen LogP contribution in [-0.4, -0.2) is 30.7 Å². The van der Waals surface area contributed by atoms with Gasteiger partial charge in [0.25, 0.3) is 0 Å². The fourth-order valence-electron chi connectivity index (χ4n) is 1.27. The molecule has 1 N–H and O–H groups in total. The SMILES string of the molecule is CCOC(=O)C(C)Oc1nc(F)c(Cl)c(NC)c1Cl. The number of nitrogens with zero attached hydrogens (tertiary/aromatic N) is 1. The van der Waals surface area contributed by atoms with E-state index in [0.717, 1.165) is 0 Å². The molecule has 1 rings (SSSR count). The maximum absolute atomic E-state index is 13.5. The number of carbonyl (C=O) groups excluding carboxylic acids is 1. The normalized spacial score (nSPS) is 11.9. The number of rotatable bonds is 5. The fraction of sp³-hybridized carbons (Fsp3) is 0.455. The third-order valence-corrected chi connectivity index (χ3v) is 2.86. The van der Waals surface area contributed by atoms with Gasteiger partial charge in [-0.1, -0.05) is 23.2 Å². The minimum Gasteiger partial charge on any atom is -0.463 e. The van der Waals surface area contributed by atoms with E-state index in [1.54, 1.807) is 6.92 Å². The quantitative estimate of drug-likeness (QED) is 0.669. The predicted molar refractivity (Wildman–Crippen MR) is 70.5 cm³/mol. The highest BCUT2D eigenvalue weighted by Gasteiger charge is 2.22. The molecule has 0 aromatic carbocycles. The van der Waals surface area contributed by atoms with E-state index in [1.807, 2.05) is 0 Å². The van der Waals surface area contributed by atoms with Gasteiger partial charge in [0.05, 0.1) is 12.3 Å². The lowest BCUT2D eigenvalue weighted by Gasteiger charge is -2.15. The van der Waals surface area contributed by atoms with E-state index in [-0.39, 0.29) is 28.2 Å². The van der Waals surface area contributed by atoms with Crippen LogP contribution in [0.15, 0.2) is 0 Å². The molecule has 0 bridgehead atoms. The molecule has 0 aliphatic carbocycles. The van der Waals surface area contributed by atoms with Gasteiger partial charge in [0.2, 0.25) is 11.8 Å². The van der Waals surface area contributed by atoms with Gasteiger partial charge >= 0.3 is 5.97 Å². The van der Waals surface area contributed by atoms with Crippen LogP contribution in [0.3, 0.4) is 0 Å². The molecule has 1 aromatic rings. The summed E-state index contributed by atoms with van der Waals surface area (Å²) in [6, 6.07) is 0. The number of nitrogens with one attached hydrogen (secondary N) is 1. The molecule has 106 valence electrons. The van der Waals surface area contributed by atoms with E-state index in [1.165, 1.54) is 14.0 Å². The zero-order valence-electron chi connectivity index (χ0n) is 10.6. The van der Waals surface area contributed by atoms with Crippen LogP contribution >= 0.6 is 23.2 Å². The van der Waals surface area contributed by atoms with Crippen LogP contribution in [0.1, 0.15) is 13.8 Å². The monoisotopic (exact) mass is 310 g/mol. The van der Waals surface area contributed by atoms with Crippen LogP contribution in [0.5, 0.6) is 5.88 Å². The molecule has 1 unspecified atom stereocenters. The van der Waals surface area contributed by atoms with E-state index in [0.29, 0.717) is 0 Å². The Morgan fingerprint density at radius 3 is 2.63 bits per heavy atom. The van der Waals surface area contributed by atoms with Crippen molar-refractivity contribution in [3.05, 3.63) is 16.0 Å². The van der Waals surface area contributed by atoms with Crippen molar-refractivity contribution in [2.24, 2.45) is 0 Å². The molecule has 0 amide bonds. The second-order valence-electron chi connectivity index (χ2n) is 3.47. The van der Waals surface area contributed by atoms with Crippen molar-refractivity contribution in [3.63, 3.8) is 0 Å². The largest absolute Gasteiger partial charge is 0.463 e. The second kappa shape index (κ2) is 6.77. The van der Waals surface area contributed by atoms with Gasteiger partial charge in [0, 0.05) is 7.05 Å². The van der Waals surface area contributed by atoms with Crippen molar-refractivity contribution in [2.45, 2.75) is 20.0 Å². The minimum atomic E-state index is -0.963. The number of halogens is 3. The first kappa shape index (κ1) is 15.8. The highest BCUT2D eigenvalue weighted by molar-refractivity contribution is 6.39. The van der Waals surface area contributed by atoms with Crippen molar-refractivity contribution in [2.75, 3.05) is 19.0 Å². The average molecular weight is 311 g/mol. The lowest BCUT2D eigenvalue weighted by atomic mass is 10.3. The van der Waals surface area contributed by atoms with E-state index >= 15 is 0 Å². The first-order valence-corrected chi connectivity index (χ1v) is 6.23. The Kier molecular flexibility index (Phi) is 5.62. The van der Waals surface area contributed by atoms with Crippen molar-refractivity contribution < 1.29 is 18.7 Å². The van der Waals surface area contributed by atoms with E-state index in [9.17, 15) is 9.18 Å². The molecule has 0 spiro atoms. The molecule has 1 atom stereocenters. The maximum atomic E-state index is 13.5. The molecule has 1 heterocycles. The van der Waals surface area contributed by atoms with Crippen molar-refractivity contribution in [3.8, 4) is 5.88 Å². The Morgan fingerprint density at radius 2 is 2.11 bits per heavy atom. The van der Waals surface area contributed by atoms with Crippen molar-refractivity contribution in [1.29, 1.82) is 0 Å². The zero-order valence-corrected chi connectivity index (χ0v) is 12.1. The Bertz CT molecular complexity index is 485. The van der Waals surface area contributed by atoms with Crippen LogP contribution in [-0.2, 0) is 9.53 Å². The average Bonchev–Trinajstić information content (AvgIpc) is 2.37. The highest BCUT2D eigenvalue weighted by Crippen LogP contribution is 2.37. The minimum absolute atomic E-state index is 0.00921. The summed E-state index contributed by atoms with van der Waals surface area (Å²) < 4.78 is 23.4. The van der Waals surface area contributed by atoms with Gasteiger partial charge in [-0.15, -0.1) is 0 Å². The Hall–Kier alpha value is -1.27. The number of pyridine rings is 1. The Morgan fingerprint density at radius 1 is 1.47 bits per heavy atom. The third-order valence-electron chi connectivity index (χ3n) is 2.16. The van der Waals surface area contributed by atoms with Gasteiger partial charge in [0.1, 0.15) is 10.0 Å². The van der Waals surface area contributed by atoms with Crippen LogP contribution < -0.4 is 10.1 Å². The molecule has 0 saturated heterocycles. The lowest BCUT2D eigenvalue weighted by Crippen LogP contribution is -2.26. The Labute approximate surface area is 120 Å². The summed E-state index contributed by atoms with van der Waals surface area (Å²) >= 11 is 11.6. The Balaban J connectivity index is 3.02. The summed E-state index contributed by atoms with van der Waals surface area (Å²) in [6.45, 7) is 3.32. The van der Waals surface area contributed by atoms with Crippen molar-refractivity contribution in [1.82, 2.24) is 4.98 Å². The molecule has 19 heavy (non-hydrogen) atoms. The number of ether oxygens (including phenoxy) is 2. The molecule has 0 aliphatic heterocycles. The van der Waals surface area contributed by atoms with Gasteiger partial charge in [-0.3, -0.25) is 0 Å². The molecule has 0 aliphatic rings. The standard InChI is InChI=1S/C11H13Cl2FN2O3/c1-4-18-11(17)5(2)19-10-7(13)8(15-3)6(12)9(14)16-10/h5H,4H2,1-3H3,(H,15,16). The topological polar surface area (TPSA) is 60.5 Å². The summed E-state index contributed by atoms with van der Waals surface area (Å²) in [5, 5.41) is 2.38. The highest BCUT2D eigenvalue weighted by atomic mass is 35.5. The zero-order chi connectivity index (χ0) is 14.6. The van der Waals surface area contributed by atoms with E-state index in [2.05, 4.69) is 10.3 Å². The lowest BCUT2D eigenvalue weighted by molar-refractivity contribution is -0.150. The predicted octanol–water partition coefficient (Wildman–Crippen LogP) is 2.90. The molecular weight excluding hydrogens is 298 g/mol. The molecular formula is C11H13Cl2FN2O3. The second-order valence-corrected chi connectivity index (χ2v) is 4.23. The van der Waals surface area contributed by atoms with Crippen LogP contribution in [0.4, 0.5) is 10.1 Å². The van der Waals surface area contributed by atoms with Crippen LogP contribution in [0.25, 0.3) is 0 Å². The molecule has 0 saturated carbocycles. The molecule has 8 heteroatoms. The summed E-state index contributed by atoms with van der Waals surface area (Å²) in [6.07, 6.45) is -0.963.